The largest absolute Gasteiger partial charge is 0.305 e. The van der Waals surface area contributed by atoms with Gasteiger partial charge in [-0.3, -0.25) is 4.98 Å². The van der Waals surface area contributed by atoms with E-state index in [1.54, 1.807) is 6.20 Å². The maximum atomic E-state index is 4.31. The average molecular weight is 530 g/mol. The summed E-state index contributed by atoms with van der Waals surface area (Å²) in [4.78, 5) is 8.56. The van der Waals surface area contributed by atoms with Crippen LogP contribution in [0.5, 0.6) is 0 Å². The molecule has 0 N–H and O–H groups in total. The van der Waals surface area contributed by atoms with E-state index in [1.807, 2.05) is 66.9 Å². The summed E-state index contributed by atoms with van der Waals surface area (Å²) in [7, 11) is 0. The fraction of sp³-hybridized carbons (Fsp3) is 0.0833. The summed E-state index contributed by atoms with van der Waals surface area (Å²) < 4.78 is 0. The molecular weight excluding hydrogens is 508 g/mol. The molecule has 2 aromatic heterocycles. The van der Waals surface area contributed by atoms with Gasteiger partial charge >= 0.3 is 0 Å². The second kappa shape index (κ2) is 10.5. The van der Waals surface area contributed by atoms with Gasteiger partial charge in [-0.25, -0.2) is 0 Å². The Morgan fingerprint density at radius 1 is 0.667 bits per heavy atom. The Hall–Kier alpha value is -2.61. The minimum atomic E-state index is 0. The minimum absolute atomic E-state index is 0. The van der Waals surface area contributed by atoms with Crippen molar-refractivity contribution < 1.29 is 20.1 Å². The average Bonchev–Trinajstić information content (AvgIpc) is 2.71. The van der Waals surface area contributed by atoms with Gasteiger partial charge in [-0.15, -0.1) is 35.4 Å². The first kappa shape index (κ1) is 20.7. The molecule has 0 fully saturated rings. The van der Waals surface area contributed by atoms with Gasteiger partial charge in [0.2, 0.25) is 0 Å². The van der Waals surface area contributed by atoms with Gasteiger partial charge in [-0.1, -0.05) is 49.4 Å². The predicted molar refractivity (Wildman–Crippen MR) is 108 cm³/mol. The third-order valence-electron chi connectivity index (χ3n) is 3.99. The van der Waals surface area contributed by atoms with Crippen LogP contribution in [0.15, 0.2) is 91.3 Å². The molecule has 1 radical (unpaired) electrons. The van der Waals surface area contributed by atoms with Gasteiger partial charge in [0, 0.05) is 38.1 Å². The van der Waals surface area contributed by atoms with Crippen LogP contribution in [0, 0.1) is 19.9 Å². The molecule has 0 unspecified atom stereocenters. The molecule has 3 heteroatoms. The Kier molecular flexibility index (Phi) is 8.06. The van der Waals surface area contributed by atoms with Crippen molar-refractivity contribution in [3.8, 4) is 22.5 Å². The van der Waals surface area contributed by atoms with Crippen LogP contribution in [0.4, 0.5) is 0 Å². The van der Waals surface area contributed by atoms with Crippen molar-refractivity contribution in [3.05, 3.63) is 108 Å². The number of benzene rings is 2. The fourth-order valence-electron chi connectivity index (χ4n) is 2.57. The number of hydrogen-bond donors (Lipinski definition) is 0. The molecular formula is C24H21IrN2-. The predicted octanol–water partition coefficient (Wildman–Crippen LogP) is 5.91. The van der Waals surface area contributed by atoms with E-state index < -0.39 is 0 Å². The summed E-state index contributed by atoms with van der Waals surface area (Å²) in [5, 5.41) is 0. The van der Waals surface area contributed by atoms with E-state index in [0.717, 1.165) is 17.0 Å². The van der Waals surface area contributed by atoms with Crippen LogP contribution in [0.1, 0.15) is 11.1 Å². The number of hydrogen-bond acceptors (Lipinski definition) is 2. The second-order valence-corrected chi connectivity index (χ2v) is 6.02. The molecule has 0 aliphatic carbocycles. The van der Waals surface area contributed by atoms with E-state index >= 15 is 0 Å². The molecule has 2 nitrogen and oxygen atoms in total. The molecule has 0 aliphatic heterocycles. The van der Waals surface area contributed by atoms with E-state index in [4.69, 9.17) is 0 Å². The Bertz CT molecular complexity index is 937. The normalized spacial score (nSPS) is 9.56. The summed E-state index contributed by atoms with van der Waals surface area (Å²) in [5.74, 6) is 0. The molecule has 2 heterocycles. The summed E-state index contributed by atoms with van der Waals surface area (Å²) in [6, 6.07) is 29.4. The molecule has 0 saturated heterocycles. The van der Waals surface area contributed by atoms with Crippen LogP contribution in [0.25, 0.3) is 22.5 Å². The van der Waals surface area contributed by atoms with Gasteiger partial charge in [-0.05, 0) is 36.4 Å². The molecule has 2 aromatic carbocycles. The third kappa shape index (κ3) is 5.96. The summed E-state index contributed by atoms with van der Waals surface area (Å²) >= 11 is 0. The van der Waals surface area contributed by atoms with E-state index in [9.17, 15) is 0 Å². The Labute approximate surface area is 174 Å². The van der Waals surface area contributed by atoms with Crippen molar-refractivity contribution in [2.75, 3.05) is 0 Å². The summed E-state index contributed by atoms with van der Waals surface area (Å²) in [6.45, 7) is 4.16. The Balaban J connectivity index is 0.000000187. The number of rotatable bonds is 2. The van der Waals surface area contributed by atoms with E-state index in [2.05, 4.69) is 48.1 Å². The molecule has 27 heavy (non-hydrogen) atoms. The van der Waals surface area contributed by atoms with Crippen molar-refractivity contribution in [1.29, 1.82) is 0 Å². The van der Waals surface area contributed by atoms with E-state index in [-0.39, 0.29) is 20.1 Å². The molecule has 4 rings (SSSR count). The molecule has 0 aliphatic rings. The van der Waals surface area contributed by atoms with E-state index in [0.29, 0.717) is 0 Å². The zero-order valence-corrected chi connectivity index (χ0v) is 17.8. The molecule has 137 valence electrons. The van der Waals surface area contributed by atoms with Crippen molar-refractivity contribution in [3.63, 3.8) is 0 Å². The SMILES string of the molecule is Cc1c[c-]c(-c2ccccn2)cc1.Cc1ccccc1-c1ccccn1.[Ir]. The molecule has 0 bridgehead atoms. The maximum Gasteiger partial charge on any atom is 0.0704 e. The van der Waals surface area contributed by atoms with Crippen molar-refractivity contribution in [1.82, 2.24) is 9.97 Å². The third-order valence-corrected chi connectivity index (χ3v) is 3.99. The van der Waals surface area contributed by atoms with Crippen molar-refractivity contribution in [2.45, 2.75) is 13.8 Å². The zero-order valence-electron chi connectivity index (χ0n) is 15.4. The summed E-state index contributed by atoms with van der Waals surface area (Å²) in [6.07, 6.45) is 3.62. The number of nitrogens with zero attached hydrogens (tertiary/aromatic N) is 2. The number of pyridine rings is 2. The van der Waals surface area contributed by atoms with Crippen LogP contribution < -0.4 is 0 Å². The van der Waals surface area contributed by atoms with Crippen LogP contribution in [-0.2, 0) is 20.1 Å². The zero-order chi connectivity index (χ0) is 18.2. The molecule has 0 atom stereocenters. The van der Waals surface area contributed by atoms with Crippen LogP contribution in [0.3, 0.4) is 0 Å². The summed E-state index contributed by atoms with van der Waals surface area (Å²) in [5.41, 5.74) is 6.76. The van der Waals surface area contributed by atoms with Gasteiger partial charge in [0.05, 0.1) is 5.69 Å². The van der Waals surface area contributed by atoms with Gasteiger partial charge in [0.15, 0.2) is 0 Å². The van der Waals surface area contributed by atoms with Gasteiger partial charge < -0.3 is 4.98 Å². The quantitative estimate of drug-likeness (QED) is 0.302. The van der Waals surface area contributed by atoms with Crippen molar-refractivity contribution in [2.24, 2.45) is 0 Å². The first-order chi connectivity index (χ1) is 12.7. The van der Waals surface area contributed by atoms with Gasteiger partial charge in [0.25, 0.3) is 0 Å². The Morgan fingerprint density at radius 3 is 1.85 bits per heavy atom. The standard InChI is InChI=1S/C12H11N.C12H10N.Ir/c1-10-6-2-3-7-11(10)12-8-4-5-9-13-12;1-10-5-7-11(8-6-10)12-4-2-3-9-13-12;/h2-9H,1H3;2-7,9H,1H3;/q;-1;. The van der Waals surface area contributed by atoms with E-state index in [1.165, 1.54) is 16.7 Å². The van der Waals surface area contributed by atoms with Gasteiger partial charge in [0.1, 0.15) is 0 Å². The van der Waals surface area contributed by atoms with Crippen molar-refractivity contribution >= 4 is 0 Å². The number of aryl methyl sites for hydroxylation is 2. The fourth-order valence-corrected chi connectivity index (χ4v) is 2.57. The number of aromatic nitrogens is 2. The van der Waals surface area contributed by atoms with Crippen LogP contribution >= 0.6 is 0 Å². The maximum absolute atomic E-state index is 4.31. The molecule has 0 amide bonds. The minimum Gasteiger partial charge on any atom is -0.305 e. The smallest absolute Gasteiger partial charge is 0.0704 e. The van der Waals surface area contributed by atoms with Crippen LogP contribution in [0.2, 0.25) is 0 Å². The van der Waals surface area contributed by atoms with Gasteiger partial charge in [-0.2, -0.15) is 0 Å². The monoisotopic (exact) mass is 530 g/mol. The van der Waals surface area contributed by atoms with Crippen LogP contribution in [-0.4, -0.2) is 9.97 Å². The first-order valence-corrected chi connectivity index (χ1v) is 8.61. The molecule has 0 spiro atoms. The first-order valence-electron chi connectivity index (χ1n) is 8.61. The molecule has 4 aromatic rings. The Morgan fingerprint density at radius 2 is 1.30 bits per heavy atom. The second-order valence-electron chi connectivity index (χ2n) is 6.02. The molecule has 0 saturated carbocycles. The topological polar surface area (TPSA) is 25.8 Å².